The molecule has 3 heterocycles. The predicted molar refractivity (Wildman–Crippen MR) is 98.0 cm³/mol. The fraction of sp³-hybridized carbons (Fsp3) is 0.176. The predicted octanol–water partition coefficient (Wildman–Crippen LogP) is 4.29. The SMILES string of the molecule is Cc1ccccc1-n1c(C)nnc1SCc1nc(-c2cccs2)no1. The van der Waals surface area contributed by atoms with Crippen molar-refractivity contribution in [3.63, 3.8) is 0 Å². The van der Waals surface area contributed by atoms with Crippen molar-refractivity contribution >= 4 is 23.1 Å². The van der Waals surface area contributed by atoms with Crippen LogP contribution in [-0.2, 0) is 5.75 Å². The molecule has 0 radical (unpaired) electrons. The summed E-state index contributed by atoms with van der Waals surface area (Å²) >= 11 is 3.12. The number of para-hydroxylation sites is 1. The second-order valence-electron chi connectivity index (χ2n) is 5.43. The molecule has 0 unspecified atom stereocenters. The van der Waals surface area contributed by atoms with E-state index in [2.05, 4.69) is 44.0 Å². The van der Waals surface area contributed by atoms with Crippen LogP contribution in [0.4, 0.5) is 0 Å². The topological polar surface area (TPSA) is 69.6 Å². The van der Waals surface area contributed by atoms with Gasteiger partial charge in [-0.2, -0.15) is 4.98 Å². The van der Waals surface area contributed by atoms with E-state index in [0.717, 1.165) is 21.5 Å². The molecule has 8 heteroatoms. The number of aryl methyl sites for hydroxylation is 2. The minimum absolute atomic E-state index is 0.544. The van der Waals surface area contributed by atoms with Crippen molar-refractivity contribution in [1.29, 1.82) is 0 Å². The van der Waals surface area contributed by atoms with Gasteiger partial charge < -0.3 is 4.52 Å². The highest BCUT2D eigenvalue weighted by Gasteiger charge is 2.15. The summed E-state index contributed by atoms with van der Waals surface area (Å²) in [4.78, 5) is 5.45. The van der Waals surface area contributed by atoms with Gasteiger partial charge in [0.25, 0.3) is 0 Å². The Balaban J connectivity index is 1.56. The van der Waals surface area contributed by atoms with Gasteiger partial charge in [-0.05, 0) is 36.9 Å². The lowest BCUT2D eigenvalue weighted by Gasteiger charge is -2.10. The summed E-state index contributed by atoms with van der Waals surface area (Å²) < 4.78 is 7.41. The highest BCUT2D eigenvalue weighted by atomic mass is 32.2. The van der Waals surface area contributed by atoms with Gasteiger partial charge in [0.05, 0.1) is 16.3 Å². The molecular formula is C17H15N5OS2. The standard InChI is InChI=1S/C17H15N5OS2/c1-11-6-3-4-7-13(11)22-12(2)19-20-17(22)25-10-15-18-16(21-23-15)14-8-5-9-24-14/h3-9H,10H2,1-2H3. The molecule has 0 fully saturated rings. The number of nitrogens with zero attached hydrogens (tertiary/aromatic N) is 5. The van der Waals surface area contributed by atoms with E-state index in [4.69, 9.17) is 4.52 Å². The largest absolute Gasteiger partial charge is 0.338 e. The van der Waals surface area contributed by atoms with Crippen molar-refractivity contribution in [1.82, 2.24) is 24.9 Å². The molecular weight excluding hydrogens is 354 g/mol. The molecule has 0 aliphatic carbocycles. The van der Waals surface area contributed by atoms with Crippen LogP contribution >= 0.6 is 23.1 Å². The monoisotopic (exact) mass is 369 g/mol. The minimum atomic E-state index is 0.544. The van der Waals surface area contributed by atoms with E-state index in [-0.39, 0.29) is 0 Å². The van der Waals surface area contributed by atoms with Crippen molar-refractivity contribution in [2.45, 2.75) is 24.8 Å². The summed E-state index contributed by atoms with van der Waals surface area (Å²) in [5, 5.41) is 15.4. The van der Waals surface area contributed by atoms with Crippen LogP contribution in [0.5, 0.6) is 0 Å². The van der Waals surface area contributed by atoms with Gasteiger partial charge in [0.1, 0.15) is 5.82 Å². The first-order chi connectivity index (χ1) is 12.2. The van der Waals surface area contributed by atoms with Crippen LogP contribution in [-0.4, -0.2) is 24.9 Å². The van der Waals surface area contributed by atoms with Gasteiger partial charge in [-0.1, -0.05) is 41.2 Å². The molecule has 4 aromatic rings. The number of hydrogen-bond donors (Lipinski definition) is 0. The Hall–Kier alpha value is -2.45. The molecule has 0 N–H and O–H groups in total. The molecule has 4 rings (SSSR count). The van der Waals surface area contributed by atoms with Crippen LogP contribution in [0.25, 0.3) is 16.4 Å². The summed E-state index contributed by atoms with van der Waals surface area (Å²) in [5.41, 5.74) is 2.25. The first-order valence-electron chi connectivity index (χ1n) is 7.69. The van der Waals surface area contributed by atoms with Gasteiger partial charge in [-0.15, -0.1) is 21.5 Å². The van der Waals surface area contributed by atoms with Crippen LogP contribution in [0.2, 0.25) is 0 Å². The van der Waals surface area contributed by atoms with Gasteiger partial charge in [0, 0.05) is 0 Å². The van der Waals surface area contributed by atoms with Crippen LogP contribution in [0.1, 0.15) is 17.3 Å². The zero-order valence-corrected chi connectivity index (χ0v) is 15.3. The summed E-state index contributed by atoms with van der Waals surface area (Å²) in [7, 11) is 0. The van der Waals surface area contributed by atoms with E-state index >= 15 is 0 Å². The molecule has 0 atom stereocenters. The zero-order valence-electron chi connectivity index (χ0n) is 13.7. The third kappa shape index (κ3) is 3.22. The first-order valence-corrected chi connectivity index (χ1v) is 9.56. The van der Waals surface area contributed by atoms with Gasteiger partial charge in [0.15, 0.2) is 5.16 Å². The molecule has 0 spiro atoms. The molecule has 126 valence electrons. The summed E-state index contributed by atoms with van der Waals surface area (Å²) in [5.74, 6) is 2.59. The first kappa shape index (κ1) is 16.0. The highest BCUT2D eigenvalue weighted by Crippen LogP contribution is 2.27. The molecule has 6 nitrogen and oxygen atoms in total. The number of aromatic nitrogens is 5. The van der Waals surface area contributed by atoms with E-state index in [1.54, 1.807) is 11.3 Å². The lowest BCUT2D eigenvalue weighted by molar-refractivity contribution is 0.391. The Labute approximate surface area is 152 Å². The number of thiophene rings is 1. The fourth-order valence-electron chi connectivity index (χ4n) is 2.47. The average molecular weight is 369 g/mol. The van der Waals surface area contributed by atoms with Gasteiger partial charge in [-0.3, -0.25) is 4.57 Å². The Morgan fingerprint density at radius 3 is 2.80 bits per heavy atom. The third-order valence-electron chi connectivity index (χ3n) is 3.69. The van der Waals surface area contributed by atoms with Crippen molar-refractivity contribution in [3.8, 4) is 16.4 Å². The number of hydrogen-bond acceptors (Lipinski definition) is 7. The quantitative estimate of drug-likeness (QED) is 0.489. The lowest BCUT2D eigenvalue weighted by Crippen LogP contribution is -2.01. The molecule has 0 aliphatic heterocycles. The Bertz CT molecular complexity index is 990. The Kier molecular flexibility index (Phi) is 4.37. The van der Waals surface area contributed by atoms with Crippen LogP contribution < -0.4 is 0 Å². The van der Waals surface area contributed by atoms with E-state index in [0.29, 0.717) is 17.5 Å². The summed E-state index contributed by atoms with van der Waals surface area (Å²) in [6.45, 7) is 4.03. The number of benzene rings is 1. The molecule has 0 aliphatic rings. The summed E-state index contributed by atoms with van der Waals surface area (Å²) in [6, 6.07) is 12.1. The lowest BCUT2D eigenvalue weighted by atomic mass is 10.2. The normalized spacial score (nSPS) is 11.1. The molecule has 25 heavy (non-hydrogen) atoms. The molecule has 1 aromatic carbocycles. The van der Waals surface area contributed by atoms with E-state index < -0.39 is 0 Å². The van der Waals surface area contributed by atoms with Gasteiger partial charge in [0.2, 0.25) is 11.7 Å². The van der Waals surface area contributed by atoms with Gasteiger partial charge in [-0.25, -0.2) is 0 Å². The summed E-state index contributed by atoms with van der Waals surface area (Å²) in [6.07, 6.45) is 0. The molecule has 0 saturated heterocycles. The van der Waals surface area contributed by atoms with Crippen molar-refractivity contribution < 1.29 is 4.52 Å². The Morgan fingerprint density at radius 1 is 1.12 bits per heavy atom. The van der Waals surface area contributed by atoms with Crippen LogP contribution in [0, 0.1) is 13.8 Å². The maximum Gasteiger partial charge on any atom is 0.237 e. The van der Waals surface area contributed by atoms with Crippen molar-refractivity contribution in [2.75, 3.05) is 0 Å². The minimum Gasteiger partial charge on any atom is -0.338 e. The Morgan fingerprint density at radius 2 is 2.00 bits per heavy atom. The highest BCUT2D eigenvalue weighted by molar-refractivity contribution is 7.98. The molecule has 3 aromatic heterocycles. The second kappa shape index (κ2) is 6.81. The maximum absolute atomic E-state index is 5.35. The zero-order chi connectivity index (χ0) is 17.2. The maximum atomic E-state index is 5.35. The third-order valence-corrected chi connectivity index (χ3v) is 5.47. The van der Waals surface area contributed by atoms with Crippen LogP contribution in [0.15, 0.2) is 51.5 Å². The molecule has 0 saturated carbocycles. The second-order valence-corrected chi connectivity index (χ2v) is 7.32. The number of rotatable bonds is 5. The van der Waals surface area contributed by atoms with Crippen molar-refractivity contribution in [3.05, 3.63) is 59.1 Å². The van der Waals surface area contributed by atoms with E-state index in [1.165, 1.54) is 17.3 Å². The van der Waals surface area contributed by atoms with Gasteiger partial charge >= 0.3 is 0 Å². The van der Waals surface area contributed by atoms with Crippen molar-refractivity contribution in [2.24, 2.45) is 0 Å². The van der Waals surface area contributed by atoms with E-state index in [1.807, 2.05) is 36.6 Å². The molecule has 0 amide bonds. The number of thioether (sulfide) groups is 1. The fourth-order valence-corrected chi connectivity index (χ4v) is 3.95. The average Bonchev–Trinajstić information content (AvgIpc) is 3.34. The van der Waals surface area contributed by atoms with Crippen LogP contribution in [0.3, 0.4) is 0 Å². The smallest absolute Gasteiger partial charge is 0.237 e. The van der Waals surface area contributed by atoms with E-state index in [9.17, 15) is 0 Å². The molecule has 0 bridgehead atoms.